The molecule has 1 aliphatic rings. The lowest BCUT2D eigenvalue weighted by Gasteiger charge is -2.44. The first-order chi connectivity index (χ1) is 7.98. The van der Waals surface area contributed by atoms with Crippen molar-refractivity contribution in [2.45, 2.75) is 24.4 Å². The Morgan fingerprint density at radius 1 is 1.59 bits per heavy atom. The number of nitrogens with zero attached hydrogens (tertiary/aromatic N) is 1. The number of nitrogens with two attached hydrogens (primary N) is 1. The zero-order valence-electron chi connectivity index (χ0n) is 9.10. The lowest BCUT2D eigenvalue weighted by Crippen LogP contribution is -2.50. The predicted octanol–water partition coefficient (Wildman–Crippen LogP) is 1.09. The van der Waals surface area contributed by atoms with Gasteiger partial charge in [0.25, 0.3) is 5.69 Å². The van der Waals surface area contributed by atoms with Gasteiger partial charge >= 0.3 is 0 Å². The number of aliphatic hydroxyl groups is 1. The molecule has 6 heteroatoms. The summed E-state index contributed by atoms with van der Waals surface area (Å²) in [5, 5.41) is 20.3. The highest BCUT2D eigenvalue weighted by atomic mass is 19.1. The summed E-state index contributed by atoms with van der Waals surface area (Å²) in [6.45, 7) is 0.161. The number of hydrogen-bond donors (Lipinski definition) is 2. The van der Waals surface area contributed by atoms with E-state index in [1.807, 2.05) is 0 Å². The summed E-state index contributed by atoms with van der Waals surface area (Å²) in [6, 6.07) is 3.35. The maximum Gasteiger partial charge on any atom is 0.273 e. The normalized spacial score (nSPS) is 27.6. The maximum atomic E-state index is 13.2. The van der Waals surface area contributed by atoms with Gasteiger partial charge in [0.05, 0.1) is 11.0 Å². The standard InChI is InChI=1S/C11H13FN2O3/c12-7-1-2-10(14(16)17)9(3-7)11(6-13)4-8(15)5-11/h1-3,8,15H,4-6,13H2. The van der Waals surface area contributed by atoms with Crippen LogP contribution in [0.4, 0.5) is 10.1 Å². The van der Waals surface area contributed by atoms with Gasteiger partial charge in [-0.2, -0.15) is 0 Å². The van der Waals surface area contributed by atoms with Crippen molar-refractivity contribution in [1.82, 2.24) is 0 Å². The summed E-state index contributed by atoms with van der Waals surface area (Å²) in [5.41, 5.74) is 5.12. The third-order valence-electron chi connectivity index (χ3n) is 3.37. The van der Waals surface area contributed by atoms with E-state index in [0.29, 0.717) is 12.8 Å². The van der Waals surface area contributed by atoms with Gasteiger partial charge in [0.1, 0.15) is 5.82 Å². The molecule has 0 unspecified atom stereocenters. The maximum absolute atomic E-state index is 13.2. The zero-order chi connectivity index (χ0) is 12.6. The first-order valence-corrected chi connectivity index (χ1v) is 5.31. The Morgan fingerprint density at radius 2 is 2.24 bits per heavy atom. The van der Waals surface area contributed by atoms with Crippen LogP contribution in [0, 0.1) is 15.9 Å². The van der Waals surface area contributed by atoms with E-state index in [1.165, 1.54) is 0 Å². The summed E-state index contributed by atoms with van der Waals surface area (Å²) in [5.74, 6) is -0.528. The van der Waals surface area contributed by atoms with Gasteiger partial charge in [-0.15, -0.1) is 0 Å². The SMILES string of the molecule is NCC1(c2cc(F)ccc2[N+](=O)[O-])CC(O)C1. The van der Waals surface area contributed by atoms with E-state index in [1.54, 1.807) is 0 Å². The van der Waals surface area contributed by atoms with Crippen LogP contribution in [0.3, 0.4) is 0 Å². The number of benzene rings is 1. The average Bonchev–Trinajstić information content (AvgIpc) is 2.24. The van der Waals surface area contributed by atoms with E-state index in [9.17, 15) is 19.6 Å². The molecule has 0 aromatic heterocycles. The number of halogens is 1. The van der Waals surface area contributed by atoms with Gasteiger partial charge in [-0.25, -0.2) is 4.39 Å². The highest BCUT2D eigenvalue weighted by Gasteiger charge is 2.47. The number of aliphatic hydroxyl groups excluding tert-OH is 1. The van der Waals surface area contributed by atoms with Crippen molar-refractivity contribution in [3.05, 3.63) is 39.7 Å². The van der Waals surface area contributed by atoms with Crippen LogP contribution in [0.2, 0.25) is 0 Å². The van der Waals surface area contributed by atoms with Crippen molar-refractivity contribution >= 4 is 5.69 Å². The highest BCUT2D eigenvalue weighted by Crippen LogP contribution is 2.46. The smallest absolute Gasteiger partial charge is 0.273 e. The molecular formula is C11H13FN2O3. The van der Waals surface area contributed by atoms with E-state index < -0.39 is 22.3 Å². The predicted molar refractivity (Wildman–Crippen MR) is 59.0 cm³/mol. The number of rotatable bonds is 3. The molecule has 17 heavy (non-hydrogen) atoms. The average molecular weight is 240 g/mol. The fraction of sp³-hybridized carbons (Fsp3) is 0.455. The Morgan fingerprint density at radius 3 is 2.71 bits per heavy atom. The summed E-state index contributed by atoms with van der Waals surface area (Å²) < 4.78 is 13.2. The third-order valence-corrected chi connectivity index (χ3v) is 3.37. The molecule has 0 heterocycles. The van der Waals surface area contributed by atoms with E-state index in [4.69, 9.17) is 5.73 Å². The molecule has 0 aliphatic heterocycles. The van der Waals surface area contributed by atoms with Crippen molar-refractivity contribution in [1.29, 1.82) is 0 Å². The van der Waals surface area contributed by atoms with Crippen LogP contribution < -0.4 is 5.73 Å². The molecule has 0 bridgehead atoms. The number of hydrogen-bond acceptors (Lipinski definition) is 4. The van der Waals surface area contributed by atoms with Crippen molar-refractivity contribution < 1.29 is 14.4 Å². The summed E-state index contributed by atoms with van der Waals surface area (Å²) in [7, 11) is 0. The second-order valence-corrected chi connectivity index (χ2v) is 4.47. The van der Waals surface area contributed by atoms with Gasteiger partial charge in [-0.05, 0) is 25.0 Å². The minimum absolute atomic E-state index is 0.135. The fourth-order valence-electron chi connectivity index (χ4n) is 2.43. The number of nitro benzene ring substituents is 1. The van der Waals surface area contributed by atoms with Gasteiger partial charge in [0, 0.05) is 23.6 Å². The largest absolute Gasteiger partial charge is 0.393 e. The summed E-state index contributed by atoms with van der Waals surface area (Å²) >= 11 is 0. The second kappa shape index (κ2) is 4.05. The third kappa shape index (κ3) is 1.89. The molecule has 0 amide bonds. The molecule has 1 aliphatic carbocycles. The van der Waals surface area contributed by atoms with Crippen molar-refractivity contribution in [3.63, 3.8) is 0 Å². The molecular weight excluding hydrogens is 227 g/mol. The van der Waals surface area contributed by atoms with Crippen LogP contribution in [0.15, 0.2) is 18.2 Å². The van der Waals surface area contributed by atoms with Gasteiger partial charge in [-0.3, -0.25) is 10.1 Å². The minimum atomic E-state index is -0.663. The van der Waals surface area contributed by atoms with Crippen LogP contribution in [0.1, 0.15) is 18.4 Å². The van der Waals surface area contributed by atoms with Crippen LogP contribution in [-0.4, -0.2) is 22.7 Å². The van der Waals surface area contributed by atoms with Crippen molar-refractivity contribution in [2.75, 3.05) is 6.54 Å². The van der Waals surface area contributed by atoms with E-state index in [-0.39, 0.29) is 17.8 Å². The van der Waals surface area contributed by atoms with Crippen LogP contribution in [0.5, 0.6) is 0 Å². The van der Waals surface area contributed by atoms with Crippen molar-refractivity contribution in [3.8, 4) is 0 Å². The van der Waals surface area contributed by atoms with E-state index in [2.05, 4.69) is 0 Å². The minimum Gasteiger partial charge on any atom is -0.393 e. The van der Waals surface area contributed by atoms with Crippen molar-refractivity contribution in [2.24, 2.45) is 5.73 Å². The Labute approximate surface area is 97.2 Å². The Balaban J connectivity index is 2.49. The molecule has 0 radical (unpaired) electrons. The van der Waals surface area contributed by atoms with E-state index in [0.717, 1.165) is 18.2 Å². The second-order valence-electron chi connectivity index (χ2n) is 4.47. The molecule has 0 spiro atoms. The lowest BCUT2D eigenvalue weighted by molar-refractivity contribution is -0.386. The van der Waals surface area contributed by atoms with Crippen LogP contribution in [0.25, 0.3) is 0 Å². The zero-order valence-corrected chi connectivity index (χ0v) is 9.10. The Kier molecular flexibility index (Phi) is 2.84. The molecule has 1 saturated carbocycles. The summed E-state index contributed by atoms with van der Waals surface area (Å²) in [6.07, 6.45) is 0.170. The van der Waals surface area contributed by atoms with Gasteiger partial charge < -0.3 is 10.8 Å². The molecule has 1 aromatic carbocycles. The fourth-order valence-corrected chi connectivity index (χ4v) is 2.43. The molecule has 2 rings (SSSR count). The molecule has 1 aromatic rings. The number of nitro groups is 1. The Bertz CT molecular complexity index is 458. The van der Waals surface area contributed by atoms with Crippen LogP contribution >= 0.6 is 0 Å². The Hall–Kier alpha value is -1.53. The first kappa shape index (κ1) is 11.9. The molecule has 92 valence electrons. The topological polar surface area (TPSA) is 89.4 Å². The summed E-state index contributed by atoms with van der Waals surface area (Å²) in [4.78, 5) is 10.4. The van der Waals surface area contributed by atoms with Gasteiger partial charge in [0.2, 0.25) is 0 Å². The molecule has 5 nitrogen and oxygen atoms in total. The highest BCUT2D eigenvalue weighted by molar-refractivity contribution is 5.47. The van der Waals surface area contributed by atoms with Gasteiger partial charge in [0.15, 0.2) is 0 Å². The first-order valence-electron chi connectivity index (χ1n) is 5.31. The molecule has 1 fully saturated rings. The molecule has 0 atom stereocenters. The molecule has 3 N–H and O–H groups in total. The lowest BCUT2D eigenvalue weighted by atomic mass is 9.62. The van der Waals surface area contributed by atoms with Gasteiger partial charge in [-0.1, -0.05) is 0 Å². The van der Waals surface area contributed by atoms with Crippen LogP contribution in [-0.2, 0) is 5.41 Å². The quantitative estimate of drug-likeness (QED) is 0.611. The molecule has 0 saturated heterocycles. The monoisotopic (exact) mass is 240 g/mol. The van der Waals surface area contributed by atoms with E-state index >= 15 is 0 Å².